The lowest BCUT2D eigenvalue weighted by atomic mass is 10.1. The second kappa shape index (κ2) is 8.95. The molecule has 0 spiro atoms. The maximum absolute atomic E-state index is 12.8. The topological polar surface area (TPSA) is 53.4 Å². The molecule has 4 rings (SSSR count). The minimum atomic E-state index is 0. The molecule has 2 aliphatic rings. The van der Waals surface area contributed by atoms with Crippen molar-refractivity contribution >= 4 is 35.6 Å². The summed E-state index contributed by atoms with van der Waals surface area (Å²) in [7, 11) is 0. The molecular weight excluding hydrogens is 385 g/mol. The van der Waals surface area contributed by atoms with Gasteiger partial charge < -0.3 is 15.1 Å². The van der Waals surface area contributed by atoms with E-state index in [0.29, 0.717) is 24.8 Å². The highest BCUT2D eigenvalue weighted by Crippen LogP contribution is 2.21. The van der Waals surface area contributed by atoms with Crippen molar-refractivity contribution in [2.45, 2.75) is 18.9 Å². The first-order chi connectivity index (χ1) is 12.7. The monoisotopic (exact) mass is 409 g/mol. The number of carbonyl (C=O) groups excluding carboxylic acids is 1. The molecule has 8 heteroatoms. The van der Waals surface area contributed by atoms with E-state index in [4.69, 9.17) is 11.6 Å². The van der Waals surface area contributed by atoms with E-state index in [2.05, 4.69) is 21.4 Å². The van der Waals surface area contributed by atoms with Crippen molar-refractivity contribution < 1.29 is 4.79 Å². The van der Waals surface area contributed by atoms with Crippen LogP contribution in [0.4, 0.5) is 5.69 Å². The van der Waals surface area contributed by atoms with Crippen molar-refractivity contribution in [3.05, 3.63) is 47.2 Å². The van der Waals surface area contributed by atoms with Gasteiger partial charge in [0.05, 0.1) is 6.04 Å². The molecule has 1 aromatic heterocycles. The molecule has 0 saturated carbocycles. The fourth-order valence-corrected chi connectivity index (χ4v) is 3.90. The first-order valence-corrected chi connectivity index (χ1v) is 9.64. The number of nitrogens with zero attached hydrogens (tertiary/aromatic N) is 4. The second-order valence-electron chi connectivity index (χ2n) is 6.94. The molecule has 6 nitrogen and oxygen atoms in total. The van der Waals surface area contributed by atoms with Gasteiger partial charge in [0.25, 0.3) is 5.91 Å². The fraction of sp³-hybridized carbons (Fsp3) is 0.474. The second-order valence-corrected chi connectivity index (χ2v) is 7.38. The summed E-state index contributed by atoms with van der Waals surface area (Å²) in [6.07, 6.45) is 4.20. The number of hydrogen-bond donors (Lipinski definition) is 1. The van der Waals surface area contributed by atoms with Crippen LogP contribution < -0.4 is 10.2 Å². The molecular formula is C19H25Cl2N5O. The Morgan fingerprint density at radius 3 is 2.70 bits per heavy atom. The molecule has 0 bridgehead atoms. The Kier molecular flexibility index (Phi) is 6.63. The third-order valence-corrected chi connectivity index (χ3v) is 5.45. The first kappa shape index (κ1) is 20.0. The van der Waals surface area contributed by atoms with Crippen molar-refractivity contribution in [2.24, 2.45) is 0 Å². The van der Waals surface area contributed by atoms with Crippen LogP contribution in [0, 0.1) is 0 Å². The number of aromatic nitrogens is 2. The first-order valence-electron chi connectivity index (χ1n) is 9.26. The summed E-state index contributed by atoms with van der Waals surface area (Å²) in [5, 5.41) is 8.68. The molecule has 0 radical (unpaired) electrons. The molecule has 1 unspecified atom stereocenters. The van der Waals surface area contributed by atoms with E-state index in [-0.39, 0.29) is 18.3 Å². The van der Waals surface area contributed by atoms with Crippen LogP contribution >= 0.6 is 24.0 Å². The van der Waals surface area contributed by atoms with Gasteiger partial charge in [0.2, 0.25) is 0 Å². The van der Waals surface area contributed by atoms with Crippen molar-refractivity contribution in [1.29, 1.82) is 0 Å². The Morgan fingerprint density at radius 2 is 2.00 bits per heavy atom. The maximum atomic E-state index is 12.8. The number of piperidine rings is 1. The maximum Gasteiger partial charge on any atom is 0.274 e. The van der Waals surface area contributed by atoms with E-state index < -0.39 is 0 Å². The van der Waals surface area contributed by atoms with E-state index in [0.717, 1.165) is 49.7 Å². The van der Waals surface area contributed by atoms with Gasteiger partial charge in [-0.05, 0) is 43.7 Å². The van der Waals surface area contributed by atoms with Gasteiger partial charge in [0, 0.05) is 49.6 Å². The molecule has 2 fully saturated rings. The van der Waals surface area contributed by atoms with Crippen LogP contribution in [0.3, 0.4) is 0 Å². The van der Waals surface area contributed by atoms with Crippen LogP contribution in [0.1, 0.15) is 29.4 Å². The Balaban J connectivity index is 0.00000210. The van der Waals surface area contributed by atoms with Gasteiger partial charge in [-0.1, -0.05) is 17.7 Å². The van der Waals surface area contributed by atoms with Gasteiger partial charge in [0.1, 0.15) is 5.69 Å². The quantitative estimate of drug-likeness (QED) is 0.846. The summed E-state index contributed by atoms with van der Waals surface area (Å²) in [5.41, 5.74) is 1.66. The van der Waals surface area contributed by atoms with E-state index in [9.17, 15) is 4.79 Å². The molecule has 146 valence electrons. The molecule has 1 amide bonds. The largest absolute Gasteiger partial charge is 0.368 e. The number of hydrogen-bond acceptors (Lipinski definition) is 4. The van der Waals surface area contributed by atoms with Crippen molar-refractivity contribution in [1.82, 2.24) is 20.0 Å². The average molecular weight is 410 g/mol. The number of benzene rings is 1. The van der Waals surface area contributed by atoms with E-state index in [1.54, 1.807) is 0 Å². The van der Waals surface area contributed by atoms with Crippen molar-refractivity contribution in [3.63, 3.8) is 0 Å². The molecule has 1 atom stereocenters. The van der Waals surface area contributed by atoms with Gasteiger partial charge in [-0.3, -0.25) is 9.48 Å². The van der Waals surface area contributed by atoms with Gasteiger partial charge >= 0.3 is 0 Å². The molecule has 2 aromatic rings. The van der Waals surface area contributed by atoms with Crippen molar-refractivity contribution in [2.75, 3.05) is 44.2 Å². The summed E-state index contributed by atoms with van der Waals surface area (Å²) in [6, 6.07) is 10.1. The zero-order valence-electron chi connectivity index (χ0n) is 15.2. The van der Waals surface area contributed by atoms with Gasteiger partial charge in [0.15, 0.2) is 0 Å². The van der Waals surface area contributed by atoms with Gasteiger partial charge in [-0.25, -0.2) is 0 Å². The number of anilines is 1. The van der Waals surface area contributed by atoms with Gasteiger partial charge in [-0.2, -0.15) is 5.10 Å². The highest BCUT2D eigenvalue weighted by Gasteiger charge is 2.25. The number of amides is 1. The summed E-state index contributed by atoms with van der Waals surface area (Å²) in [6.45, 7) is 5.00. The normalized spacial score (nSPS) is 20.3. The summed E-state index contributed by atoms with van der Waals surface area (Å²) in [5.74, 6) is 0.0262. The molecule has 2 saturated heterocycles. The third-order valence-electron chi connectivity index (χ3n) is 5.21. The molecule has 2 aliphatic heterocycles. The molecule has 1 aromatic carbocycles. The van der Waals surface area contributed by atoms with Crippen LogP contribution in [-0.2, 0) is 0 Å². The van der Waals surface area contributed by atoms with Crippen molar-refractivity contribution in [3.8, 4) is 0 Å². The zero-order valence-corrected chi connectivity index (χ0v) is 16.8. The Morgan fingerprint density at radius 1 is 1.19 bits per heavy atom. The molecule has 0 aliphatic carbocycles. The number of piperazine rings is 1. The molecule has 3 heterocycles. The Bertz CT molecular complexity index is 767. The van der Waals surface area contributed by atoms with Crippen LogP contribution in [-0.4, -0.2) is 59.9 Å². The summed E-state index contributed by atoms with van der Waals surface area (Å²) < 4.78 is 1.95. The lowest BCUT2D eigenvalue weighted by molar-refractivity contribution is 0.0739. The van der Waals surface area contributed by atoms with Crippen LogP contribution in [0.15, 0.2) is 36.5 Å². The zero-order chi connectivity index (χ0) is 17.9. The number of nitrogens with one attached hydrogen (secondary N) is 1. The third kappa shape index (κ3) is 4.57. The number of halogens is 2. The molecule has 1 N–H and O–H groups in total. The van der Waals surface area contributed by atoms with E-state index >= 15 is 0 Å². The summed E-state index contributed by atoms with van der Waals surface area (Å²) >= 11 is 6.08. The van der Waals surface area contributed by atoms with Crippen LogP contribution in [0.5, 0.6) is 0 Å². The minimum absolute atomic E-state index is 0. The minimum Gasteiger partial charge on any atom is -0.368 e. The summed E-state index contributed by atoms with van der Waals surface area (Å²) in [4.78, 5) is 16.9. The highest BCUT2D eigenvalue weighted by molar-refractivity contribution is 6.30. The fourth-order valence-electron chi connectivity index (χ4n) is 3.72. The lowest BCUT2D eigenvalue weighted by Crippen LogP contribution is -2.49. The predicted molar refractivity (Wildman–Crippen MR) is 110 cm³/mol. The lowest BCUT2D eigenvalue weighted by Gasteiger charge is -2.35. The SMILES string of the molecule is Cl.O=C(c1ccn(C2CCCNC2)n1)N1CCN(c2cccc(Cl)c2)CC1. The Hall–Kier alpha value is -1.76. The smallest absolute Gasteiger partial charge is 0.274 e. The van der Waals surface area contributed by atoms with Crippen LogP contribution in [0.2, 0.25) is 5.02 Å². The van der Waals surface area contributed by atoms with E-state index in [1.807, 2.05) is 40.0 Å². The highest BCUT2D eigenvalue weighted by atomic mass is 35.5. The number of carbonyl (C=O) groups is 1. The standard InChI is InChI=1S/C19H24ClN5O.ClH/c20-15-3-1-4-16(13-15)23-9-11-24(12-10-23)19(26)18-6-8-25(22-18)17-5-2-7-21-14-17;/h1,3-4,6,8,13,17,21H,2,5,7,9-12,14H2;1H. The predicted octanol–water partition coefficient (Wildman–Crippen LogP) is 2.85. The number of rotatable bonds is 3. The Labute approximate surface area is 170 Å². The van der Waals surface area contributed by atoms with Gasteiger partial charge in [-0.15, -0.1) is 12.4 Å². The molecule has 27 heavy (non-hydrogen) atoms. The van der Waals surface area contributed by atoms with E-state index in [1.165, 1.54) is 0 Å². The van der Waals surface area contributed by atoms with Crippen LogP contribution in [0.25, 0.3) is 0 Å². The average Bonchev–Trinajstić information content (AvgIpc) is 3.18.